The van der Waals surface area contributed by atoms with Crippen molar-refractivity contribution in [1.29, 1.82) is 0 Å². The lowest BCUT2D eigenvalue weighted by atomic mass is 10.0. The van der Waals surface area contributed by atoms with Gasteiger partial charge in [0.2, 0.25) is 5.91 Å². The number of primary amides is 1. The Kier molecular flexibility index (Phi) is 4.97. The van der Waals surface area contributed by atoms with E-state index in [0.29, 0.717) is 18.9 Å². The summed E-state index contributed by atoms with van der Waals surface area (Å²) in [6.45, 7) is 4.65. The van der Waals surface area contributed by atoms with Crippen LogP contribution >= 0.6 is 0 Å². The average Bonchev–Trinajstić information content (AvgIpc) is 2.29. The SMILES string of the molecule is CC(C)c1cccc(OCCC(N)C(N)=O)c1. The fourth-order valence-corrected chi connectivity index (χ4v) is 1.41. The minimum absolute atomic E-state index is 0.394. The van der Waals surface area contributed by atoms with E-state index in [1.807, 2.05) is 18.2 Å². The van der Waals surface area contributed by atoms with Crippen LogP contribution in [-0.4, -0.2) is 18.6 Å². The van der Waals surface area contributed by atoms with Gasteiger partial charge in [-0.3, -0.25) is 4.79 Å². The first-order valence-corrected chi connectivity index (χ1v) is 5.78. The lowest BCUT2D eigenvalue weighted by molar-refractivity contribution is -0.119. The zero-order valence-corrected chi connectivity index (χ0v) is 10.3. The molecule has 1 rings (SSSR count). The highest BCUT2D eigenvalue weighted by atomic mass is 16.5. The third kappa shape index (κ3) is 4.44. The molecule has 4 heteroatoms. The molecule has 0 radical (unpaired) electrons. The van der Waals surface area contributed by atoms with E-state index in [-0.39, 0.29) is 0 Å². The lowest BCUT2D eigenvalue weighted by Gasteiger charge is -2.11. The van der Waals surface area contributed by atoms with E-state index in [2.05, 4.69) is 19.9 Å². The molecule has 4 nitrogen and oxygen atoms in total. The van der Waals surface area contributed by atoms with Crippen LogP contribution in [0, 0.1) is 0 Å². The number of hydrogen-bond donors (Lipinski definition) is 2. The first kappa shape index (κ1) is 13.5. The normalized spacial score (nSPS) is 12.5. The predicted octanol–water partition coefficient (Wildman–Crippen LogP) is 1.39. The predicted molar refractivity (Wildman–Crippen MR) is 67.8 cm³/mol. The molecule has 17 heavy (non-hydrogen) atoms. The topological polar surface area (TPSA) is 78.3 Å². The zero-order valence-electron chi connectivity index (χ0n) is 10.3. The van der Waals surface area contributed by atoms with Gasteiger partial charge in [0.1, 0.15) is 5.75 Å². The summed E-state index contributed by atoms with van der Waals surface area (Å²) in [5.74, 6) is 0.767. The second-order valence-electron chi connectivity index (χ2n) is 4.37. The van der Waals surface area contributed by atoms with Gasteiger partial charge >= 0.3 is 0 Å². The largest absolute Gasteiger partial charge is 0.494 e. The van der Waals surface area contributed by atoms with Gasteiger partial charge in [0, 0.05) is 6.42 Å². The molecular weight excluding hydrogens is 216 g/mol. The van der Waals surface area contributed by atoms with E-state index in [4.69, 9.17) is 16.2 Å². The first-order chi connectivity index (χ1) is 8.00. The molecular formula is C13H20N2O2. The van der Waals surface area contributed by atoms with E-state index in [1.165, 1.54) is 5.56 Å². The van der Waals surface area contributed by atoms with Crippen molar-refractivity contribution in [2.45, 2.75) is 32.2 Å². The number of amides is 1. The number of carbonyl (C=O) groups is 1. The summed E-state index contributed by atoms with van der Waals surface area (Å²) in [7, 11) is 0. The van der Waals surface area contributed by atoms with Gasteiger partial charge in [0.05, 0.1) is 12.6 Å². The van der Waals surface area contributed by atoms with Crippen LogP contribution in [-0.2, 0) is 4.79 Å². The van der Waals surface area contributed by atoms with Crippen molar-refractivity contribution in [3.05, 3.63) is 29.8 Å². The number of rotatable bonds is 6. The van der Waals surface area contributed by atoms with Gasteiger partial charge in [-0.15, -0.1) is 0 Å². The van der Waals surface area contributed by atoms with E-state index in [9.17, 15) is 4.79 Å². The Morgan fingerprint density at radius 2 is 2.12 bits per heavy atom. The highest BCUT2D eigenvalue weighted by Crippen LogP contribution is 2.20. The summed E-state index contributed by atoms with van der Waals surface area (Å²) in [6.07, 6.45) is 0.432. The van der Waals surface area contributed by atoms with Crippen LogP contribution in [0.4, 0.5) is 0 Å². The Morgan fingerprint density at radius 3 is 2.71 bits per heavy atom. The highest BCUT2D eigenvalue weighted by Gasteiger charge is 2.09. The van der Waals surface area contributed by atoms with Gasteiger partial charge in [0.15, 0.2) is 0 Å². The molecule has 4 N–H and O–H groups in total. The molecule has 0 saturated heterocycles. The Labute approximate surface area is 102 Å². The molecule has 1 aromatic rings. The molecule has 1 unspecified atom stereocenters. The molecule has 0 spiro atoms. The van der Waals surface area contributed by atoms with Crippen LogP contribution in [0.25, 0.3) is 0 Å². The van der Waals surface area contributed by atoms with Crippen molar-refractivity contribution in [1.82, 2.24) is 0 Å². The smallest absolute Gasteiger partial charge is 0.234 e. The Morgan fingerprint density at radius 1 is 1.41 bits per heavy atom. The number of hydrogen-bond acceptors (Lipinski definition) is 3. The number of ether oxygens (including phenoxy) is 1. The minimum atomic E-state index is -0.636. The van der Waals surface area contributed by atoms with E-state index < -0.39 is 11.9 Å². The van der Waals surface area contributed by atoms with Gasteiger partial charge in [-0.2, -0.15) is 0 Å². The maximum Gasteiger partial charge on any atom is 0.234 e. The Bertz CT molecular complexity index is 377. The monoisotopic (exact) mass is 236 g/mol. The number of carbonyl (C=O) groups excluding carboxylic acids is 1. The van der Waals surface area contributed by atoms with Gasteiger partial charge < -0.3 is 16.2 Å². The van der Waals surface area contributed by atoms with Crippen molar-refractivity contribution in [2.75, 3.05) is 6.61 Å². The van der Waals surface area contributed by atoms with Crippen molar-refractivity contribution in [3.8, 4) is 5.75 Å². The van der Waals surface area contributed by atoms with Gasteiger partial charge in [-0.1, -0.05) is 26.0 Å². The summed E-state index contributed by atoms with van der Waals surface area (Å²) in [5, 5.41) is 0. The number of nitrogens with two attached hydrogens (primary N) is 2. The second-order valence-corrected chi connectivity index (χ2v) is 4.37. The quantitative estimate of drug-likeness (QED) is 0.783. The Hall–Kier alpha value is -1.55. The molecule has 0 aliphatic rings. The summed E-state index contributed by atoms with van der Waals surface area (Å²) >= 11 is 0. The molecule has 0 aromatic heterocycles. The third-order valence-corrected chi connectivity index (χ3v) is 2.59. The minimum Gasteiger partial charge on any atom is -0.494 e. The number of benzene rings is 1. The Balaban J connectivity index is 2.47. The highest BCUT2D eigenvalue weighted by molar-refractivity contribution is 5.79. The second kappa shape index (κ2) is 6.25. The molecule has 0 saturated carbocycles. The van der Waals surface area contributed by atoms with Gasteiger partial charge in [-0.05, 0) is 23.6 Å². The van der Waals surface area contributed by atoms with Crippen molar-refractivity contribution >= 4 is 5.91 Å². The van der Waals surface area contributed by atoms with Crippen molar-refractivity contribution in [2.24, 2.45) is 11.5 Å². The van der Waals surface area contributed by atoms with Gasteiger partial charge in [0.25, 0.3) is 0 Å². The first-order valence-electron chi connectivity index (χ1n) is 5.78. The molecule has 94 valence electrons. The molecule has 0 heterocycles. The zero-order chi connectivity index (χ0) is 12.8. The maximum atomic E-state index is 10.7. The van der Waals surface area contributed by atoms with Crippen molar-refractivity contribution in [3.63, 3.8) is 0 Å². The molecule has 0 aliphatic heterocycles. The molecule has 1 amide bonds. The van der Waals surface area contributed by atoms with E-state index in [0.717, 1.165) is 5.75 Å². The lowest BCUT2D eigenvalue weighted by Crippen LogP contribution is -2.37. The van der Waals surface area contributed by atoms with Crippen LogP contribution in [0.5, 0.6) is 5.75 Å². The molecule has 1 aromatic carbocycles. The van der Waals surface area contributed by atoms with Crippen LogP contribution in [0.1, 0.15) is 31.7 Å². The van der Waals surface area contributed by atoms with Crippen LogP contribution in [0.15, 0.2) is 24.3 Å². The molecule has 1 atom stereocenters. The van der Waals surface area contributed by atoms with E-state index >= 15 is 0 Å². The van der Waals surface area contributed by atoms with Crippen LogP contribution < -0.4 is 16.2 Å². The van der Waals surface area contributed by atoms with Crippen LogP contribution in [0.3, 0.4) is 0 Å². The fourth-order valence-electron chi connectivity index (χ4n) is 1.41. The third-order valence-electron chi connectivity index (χ3n) is 2.59. The van der Waals surface area contributed by atoms with E-state index in [1.54, 1.807) is 0 Å². The van der Waals surface area contributed by atoms with Crippen LogP contribution in [0.2, 0.25) is 0 Å². The standard InChI is InChI=1S/C13H20N2O2/c1-9(2)10-4-3-5-11(8-10)17-7-6-12(14)13(15)16/h3-5,8-9,12H,6-7,14H2,1-2H3,(H2,15,16). The summed E-state index contributed by atoms with van der Waals surface area (Å²) in [4.78, 5) is 10.7. The van der Waals surface area contributed by atoms with Gasteiger partial charge in [-0.25, -0.2) is 0 Å². The maximum absolute atomic E-state index is 10.7. The summed E-state index contributed by atoms with van der Waals surface area (Å²) in [5.41, 5.74) is 11.8. The summed E-state index contributed by atoms with van der Waals surface area (Å²) in [6, 6.07) is 7.27. The average molecular weight is 236 g/mol. The molecule has 0 aliphatic carbocycles. The van der Waals surface area contributed by atoms with Crippen molar-refractivity contribution < 1.29 is 9.53 Å². The molecule has 0 bridgehead atoms. The summed E-state index contributed by atoms with van der Waals surface area (Å²) < 4.78 is 5.53. The fraction of sp³-hybridized carbons (Fsp3) is 0.462. The molecule has 0 fully saturated rings.